The van der Waals surface area contributed by atoms with Crippen molar-refractivity contribution in [3.8, 4) is 5.75 Å². The van der Waals surface area contributed by atoms with Crippen LogP contribution in [0.25, 0.3) is 5.70 Å². The Bertz CT molecular complexity index is 1830. The first-order valence-corrected chi connectivity index (χ1v) is 20.5. The predicted octanol–water partition coefficient (Wildman–Crippen LogP) is 7.36. The van der Waals surface area contributed by atoms with E-state index in [1.807, 2.05) is 30.3 Å². The molecule has 1 fully saturated rings. The molecule has 4 N–H and O–H groups in total. The second-order valence-electron chi connectivity index (χ2n) is 14.2. The number of nitrogens with zero attached hydrogens (tertiary/aromatic N) is 3. The number of aliphatic imine (C=N–C) groups is 1. The number of esters is 1. The molecule has 53 heavy (non-hydrogen) atoms. The normalized spacial score (nSPS) is 15.8. The zero-order chi connectivity index (χ0) is 38.1. The zero-order valence-corrected chi connectivity index (χ0v) is 33.0. The van der Waals surface area contributed by atoms with Crippen LogP contribution < -0.4 is 20.9 Å². The Hall–Kier alpha value is -3.97. The maximum absolute atomic E-state index is 14.1. The van der Waals surface area contributed by atoms with Gasteiger partial charge in [0.2, 0.25) is 11.8 Å². The summed E-state index contributed by atoms with van der Waals surface area (Å²) >= 11 is 6.37. The summed E-state index contributed by atoms with van der Waals surface area (Å²) in [6.45, 7) is 6.04. The standard InChI is InChI=1S/C40H48ClN5O5S2/c1-40(2,3)53-52-25-31(42)38(49)45(4)34-17-11-16-30(37(34)48)35-23-43-22-27-21-28(41)18-19-33(27)46(35)24-36(47)44-32(20-26-12-7-5-8-13-26)39(50)51-29-14-9-6-10-15-29/h5,7-8,11-13,16-19,21-23,29,31-32,48H,6,9-10,14-15,20,24-25,42H2,1-4H3,(H,44,47)/t31?,32-/m0/s1. The molecule has 2 amide bonds. The highest BCUT2D eigenvalue weighted by Gasteiger charge is 2.31. The minimum Gasteiger partial charge on any atom is -0.505 e. The van der Waals surface area contributed by atoms with E-state index in [0.29, 0.717) is 33.3 Å². The third-order valence-electron chi connectivity index (χ3n) is 8.88. The molecule has 1 unspecified atom stereocenters. The van der Waals surface area contributed by atoms with E-state index in [9.17, 15) is 19.5 Å². The minimum atomic E-state index is -0.923. The molecule has 0 saturated heterocycles. The number of rotatable bonds is 13. The topological polar surface area (TPSA) is 138 Å². The molecule has 3 aromatic carbocycles. The number of ether oxygens (including phenoxy) is 1. The molecule has 0 bridgehead atoms. The number of carbonyl (C=O) groups is 3. The number of nitrogens with one attached hydrogen (secondary N) is 1. The van der Waals surface area contributed by atoms with E-state index in [-0.39, 0.29) is 41.2 Å². The van der Waals surface area contributed by atoms with Crippen molar-refractivity contribution in [2.45, 2.75) is 82.2 Å². The fourth-order valence-corrected chi connectivity index (χ4v) is 8.83. The Kier molecular flexibility index (Phi) is 13.9. The van der Waals surface area contributed by atoms with E-state index in [2.05, 4.69) is 31.1 Å². The second kappa shape index (κ2) is 18.4. The van der Waals surface area contributed by atoms with Gasteiger partial charge in [-0.3, -0.25) is 14.6 Å². The number of benzene rings is 3. The molecule has 1 aliphatic carbocycles. The summed E-state index contributed by atoms with van der Waals surface area (Å²) in [5, 5.41) is 15.2. The van der Waals surface area contributed by atoms with Crippen molar-refractivity contribution in [3.05, 3.63) is 94.6 Å². The van der Waals surface area contributed by atoms with Crippen molar-refractivity contribution in [3.63, 3.8) is 0 Å². The smallest absolute Gasteiger partial charge is 0.329 e. The molecule has 1 aliphatic heterocycles. The van der Waals surface area contributed by atoms with Crippen LogP contribution in [0.1, 0.15) is 69.6 Å². The van der Waals surface area contributed by atoms with Crippen molar-refractivity contribution >= 4 is 74.3 Å². The fraction of sp³-hybridized carbons (Fsp3) is 0.400. The largest absolute Gasteiger partial charge is 0.505 e. The van der Waals surface area contributed by atoms with Gasteiger partial charge < -0.3 is 30.7 Å². The van der Waals surface area contributed by atoms with Gasteiger partial charge in [-0.05, 0) is 61.6 Å². The molecule has 0 radical (unpaired) electrons. The van der Waals surface area contributed by atoms with Crippen LogP contribution in [0.2, 0.25) is 5.02 Å². The van der Waals surface area contributed by atoms with Crippen LogP contribution in [0.15, 0.2) is 77.9 Å². The minimum absolute atomic E-state index is 0.00856. The Morgan fingerprint density at radius 1 is 1.08 bits per heavy atom. The number of phenols is 1. The second-order valence-corrected chi connectivity index (χ2v) is 17.8. The predicted molar refractivity (Wildman–Crippen MR) is 219 cm³/mol. The van der Waals surface area contributed by atoms with Gasteiger partial charge in [-0.15, -0.1) is 0 Å². The third kappa shape index (κ3) is 11.0. The van der Waals surface area contributed by atoms with Crippen LogP contribution in [-0.4, -0.2) is 71.4 Å². The van der Waals surface area contributed by atoms with E-state index >= 15 is 0 Å². The number of hydrogen-bond acceptors (Lipinski definition) is 10. The van der Waals surface area contributed by atoms with Crippen LogP contribution in [0.4, 0.5) is 11.4 Å². The van der Waals surface area contributed by atoms with E-state index in [0.717, 1.165) is 37.7 Å². The van der Waals surface area contributed by atoms with Gasteiger partial charge in [0.25, 0.3) is 0 Å². The summed E-state index contributed by atoms with van der Waals surface area (Å²) in [7, 11) is 4.75. The number of carbonyl (C=O) groups excluding carboxylic acids is 3. The van der Waals surface area contributed by atoms with Gasteiger partial charge in [0.05, 0.1) is 29.3 Å². The van der Waals surface area contributed by atoms with Crippen molar-refractivity contribution in [1.29, 1.82) is 0 Å². The molecule has 0 spiro atoms. The Morgan fingerprint density at radius 2 is 1.81 bits per heavy atom. The molecule has 3 aromatic rings. The van der Waals surface area contributed by atoms with E-state index in [1.165, 1.54) is 15.7 Å². The van der Waals surface area contributed by atoms with Gasteiger partial charge in [0.1, 0.15) is 24.4 Å². The SMILES string of the molecule is CN(C(=O)C(N)CSSC(C)(C)C)c1cccc(C2=CN=Cc3cc(Cl)ccc3N2CC(=O)N[C@@H](Cc2ccccc2)C(=O)OC2CCCCC2)c1O. The fourth-order valence-electron chi connectivity index (χ4n) is 6.24. The molecule has 1 heterocycles. The molecular weight excluding hydrogens is 730 g/mol. The summed E-state index contributed by atoms with van der Waals surface area (Å²) < 4.78 is 5.94. The van der Waals surface area contributed by atoms with Gasteiger partial charge in [-0.1, -0.05) is 96.8 Å². The van der Waals surface area contributed by atoms with Crippen LogP contribution in [-0.2, 0) is 25.5 Å². The number of hydrogen-bond donors (Lipinski definition) is 3. The lowest BCUT2D eigenvalue weighted by atomic mass is 9.97. The van der Waals surface area contributed by atoms with Gasteiger partial charge in [0.15, 0.2) is 0 Å². The first-order valence-electron chi connectivity index (χ1n) is 17.8. The summed E-state index contributed by atoms with van der Waals surface area (Å²) in [6.07, 6.45) is 8.01. The average Bonchev–Trinajstić information content (AvgIpc) is 3.29. The lowest BCUT2D eigenvalue weighted by Gasteiger charge is -2.30. The third-order valence-corrected chi connectivity index (χ3v) is 12.5. The molecule has 0 aromatic heterocycles. The van der Waals surface area contributed by atoms with Gasteiger partial charge >= 0.3 is 5.97 Å². The first kappa shape index (κ1) is 40.2. The van der Waals surface area contributed by atoms with Crippen LogP contribution in [0.5, 0.6) is 5.75 Å². The number of anilines is 2. The number of para-hydroxylation sites is 1. The van der Waals surface area contributed by atoms with Crippen molar-refractivity contribution in [2.75, 3.05) is 29.1 Å². The lowest BCUT2D eigenvalue weighted by Crippen LogP contribution is -2.48. The first-order chi connectivity index (χ1) is 25.3. The van der Waals surface area contributed by atoms with E-state index in [1.54, 1.807) is 71.6 Å². The highest BCUT2D eigenvalue weighted by Crippen LogP contribution is 2.40. The van der Waals surface area contributed by atoms with Crippen LogP contribution in [0, 0.1) is 0 Å². The number of fused-ring (bicyclic) bond motifs is 1. The summed E-state index contributed by atoms with van der Waals surface area (Å²) in [5.74, 6) is -1.06. The van der Waals surface area contributed by atoms with Crippen molar-refractivity contribution < 1.29 is 24.2 Å². The van der Waals surface area contributed by atoms with Gasteiger partial charge in [-0.25, -0.2) is 4.79 Å². The highest BCUT2D eigenvalue weighted by molar-refractivity contribution is 8.77. The maximum Gasteiger partial charge on any atom is 0.329 e. The van der Waals surface area contributed by atoms with Gasteiger partial charge in [0, 0.05) is 46.3 Å². The van der Waals surface area contributed by atoms with Crippen LogP contribution in [0.3, 0.4) is 0 Å². The Morgan fingerprint density at radius 3 is 2.53 bits per heavy atom. The maximum atomic E-state index is 14.1. The van der Waals surface area contributed by atoms with Crippen molar-refractivity contribution in [1.82, 2.24) is 5.32 Å². The average molecular weight is 778 g/mol. The zero-order valence-electron chi connectivity index (χ0n) is 30.6. The molecule has 2 aliphatic rings. The Labute approximate surface area is 325 Å². The number of phenolic OH excluding ortho intramolecular Hbond substituents is 1. The monoisotopic (exact) mass is 777 g/mol. The lowest BCUT2D eigenvalue weighted by molar-refractivity contribution is -0.154. The van der Waals surface area contributed by atoms with E-state index in [4.69, 9.17) is 22.1 Å². The van der Waals surface area contributed by atoms with E-state index < -0.39 is 24.0 Å². The molecule has 10 nitrogen and oxygen atoms in total. The summed E-state index contributed by atoms with van der Waals surface area (Å²) in [4.78, 5) is 48.7. The number of amides is 2. The number of halogens is 1. The molecule has 1 saturated carbocycles. The highest BCUT2D eigenvalue weighted by atomic mass is 35.5. The molecule has 5 rings (SSSR count). The quantitative estimate of drug-likeness (QED) is 0.120. The molecule has 282 valence electrons. The van der Waals surface area contributed by atoms with Gasteiger partial charge in [-0.2, -0.15) is 0 Å². The van der Waals surface area contributed by atoms with Crippen molar-refractivity contribution in [2.24, 2.45) is 10.7 Å². The molecule has 2 atom stereocenters. The molecular formula is C40H48ClN5O5S2. The number of likely N-dealkylation sites (N-methyl/N-ethyl adjacent to an activating group) is 1. The number of nitrogens with two attached hydrogens (primary N) is 1. The Balaban J connectivity index is 1.42. The van der Waals surface area contributed by atoms with Crippen LogP contribution >= 0.6 is 33.2 Å². The number of aromatic hydroxyl groups is 1. The molecule has 13 heteroatoms. The summed E-state index contributed by atoms with van der Waals surface area (Å²) in [6, 6.07) is 18.1. The summed E-state index contributed by atoms with van der Waals surface area (Å²) in [5.41, 5.74) is 9.41.